The highest BCUT2D eigenvalue weighted by Crippen LogP contribution is 2.32. The quantitative estimate of drug-likeness (QED) is 0.585. The van der Waals surface area contributed by atoms with E-state index in [9.17, 15) is 23.6 Å². The normalized spacial score (nSPS) is 14.9. The summed E-state index contributed by atoms with van der Waals surface area (Å²) in [5.41, 5.74) is 2.05. The van der Waals surface area contributed by atoms with E-state index in [0.717, 1.165) is 5.56 Å². The number of nitrogens with one attached hydrogen (secondary N) is 1. The van der Waals surface area contributed by atoms with Crippen LogP contribution in [0.5, 0.6) is 0 Å². The number of amides is 1. The Hall–Kier alpha value is -3.35. The minimum Gasteiger partial charge on any atom is -0.457 e. The van der Waals surface area contributed by atoms with Gasteiger partial charge in [0.25, 0.3) is 0 Å². The lowest BCUT2D eigenvalue weighted by Gasteiger charge is -2.07. The number of Topliss-reactive ketones (excluding diaryl/α,β-unsaturated/α-hetero) is 2. The van der Waals surface area contributed by atoms with Gasteiger partial charge in [-0.05, 0) is 55.0 Å². The van der Waals surface area contributed by atoms with Crippen molar-refractivity contribution in [3.63, 3.8) is 0 Å². The summed E-state index contributed by atoms with van der Waals surface area (Å²) < 4.78 is 17.8. The number of benzene rings is 2. The highest BCUT2D eigenvalue weighted by Gasteiger charge is 2.27. The minimum absolute atomic E-state index is 0.0944. The SMILES string of the molecule is C[C@H]1C(=O)Nc2ccc(C(=O)COC(=O)CCC(=O)c3ccc(F)cc3)cc21. The van der Waals surface area contributed by atoms with Gasteiger partial charge in [0.15, 0.2) is 18.2 Å². The predicted molar refractivity (Wildman–Crippen MR) is 98.7 cm³/mol. The van der Waals surface area contributed by atoms with Gasteiger partial charge in [0.1, 0.15) is 5.82 Å². The number of halogens is 1. The third kappa shape index (κ3) is 4.31. The van der Waals surface area contributed by atoms with Crippen LogP contribution in [0.3, 0.4) is 0 Å². The molecule has 0 radical (unpaired) electrons. The molecule has 3 rings (SSSR count). The van der Waals surface area contributed by atoms with E-state index in [1.54, 1.807) is 25.1 Å². The van der Waals surface area contributed by atoms with Crippen molar-refractivity contribution in [1.29, 1.82) is 0 Å². The summed E-state index contributed by atoms with van der Waals surface area (Å²) in [6.45, 7) is 1.30. The van der Waals surface area contributed by atoms with Gasteiger partial charge in [-0.1, -0.05) is 0 Å². The zero-order valence-electron chi connectivity index (χ0n) is 15.2. The van der Waals surface area contributed by atoms with Crippen LogP contribution in [0.4, 0.5) is 10.1 Å². The van der Waals surface area contributed by atoms with E-state index in [1.165, 1.54) is 24.3 Å². The topological polar surface area (TPSA) is 89.5 Å². The van der Waals surface area contributed by atoms with Gasteiger partial charge in [0, 0.05) is 23.2 Å². The molecule has 1 aliphatic rings. The van der Waals surface area contributed by atoms with Crippen molar-refractivity contribution in [3.8, 4) is 0 Å². The van der Waals surface area contributed by atoms with Crippen molar-refractivity contribution in [3.05, 3.63) is 65.0 Å². The van der Waals surface area contributed by atoms with E-state index in [1.807, 2.05) is 0 Å². The fourth-order valence-corrected chi connectivity index (χ4v) is 2.89. The maximum absolute atomic E-state index is 12.9. The van der Waals surface area contributed by atoms with Gasteiger partial charge < -0.3 is 10.1 Å². The van der Waals surface area contributed by atoms with Gasteiger partial charge in [-0.2, -0.15) is 0 Å². The summed E-state index contributed by atoms with van der Waals surface area (Å²) in [4.78, 5) is 47.7. The lowest BCUT2D eigenvalue weighted by Crippen LogP contribution is -2.15. The van der Waals surface area contributed by atoms with Crippen molar-refractivity contribution in [2.45, 2.75) is 25.7 Å². The molecule has 1 atom stereocenters. The molecule has 0 saturated carbocycles. The number of fused-ring (bicyclic) bond motifs is 1. The molecule has 0 aromatic heterocycles. The summed E-state index contributed by atoms with van der Waals surface area (Å²) in [7, 11) is 0. The van der Waals surface area contributed by atoms with Crippen LogP contribution in [0.25, 0.3) is 0 Å². The molecule has 2 aromatic carbocycles. The number of carbonyl (C=O) groups is 4. The van der Waals surface area contributed by atoms with Gasteiger partial charge in [-0.3, -0.25) is 19.2 Å². The van der Waals surface area contributed by atoms with Gasteiger partial charge in [-0.15, -0.1) is 0 Å². The first kappa shape index (κ1) is 19.4. The van der Waals surface area contributed by atoms with Crippen molar-refractivity contribution in [1.82, 2.24) is 0 Å². The fraction of sp³-hybridized carbons (Fsp3) is 0.238. The van der Waals surface area contributed by atoms with E-state index >= 15 is 0 Å². The molecule has 0 fully saturated rings. The average molecular weight is 383 g/mol. The summed E-state index contributed by atoms with van der Waals surface area (Å²) in [6, 6.07) is 9.86. The van der Waals surface area contributed by atoms with Crippen LogP contribution >= 0.6 is 0 Å². The van der Waals surface area contributed by atoms with Crippen LogP contribution in [-0.2, 0) is 14.3 Å². The lowest BCUT2D eigenvalue weighted by atomic mass is 9.99. The number of ether oxygens (including phenoxy) is 1. The fourth-order valence-electron chi connectivity index (χ4n) is 2.89. The van der Waals surface area contributed by atoms with Gasteiger partial charge in [0.2, 0.25) is 5.91 Å². The van der Waals surface area contributed by atoms with Crippen LogP contribution in [0.15, 0.2) is 42.5 Å². The summed E-state index contributed by atoms with van der Waals surface area (Å²) in [5, 5.41) is 2.72. The number of esters is 1. The Labute approximate surface area is 160 Å². The Morgan fingerprint density at radius 2 is 1.68 bits per heavy atom. The summed E-state index contributed by atoms with van der Waals surface area (Å²) >= 11 is 0. The maximum Gasteiger partial charge on any atom is 0.306 e. The van der Waals surface area contributed by atoms with E-state index in [0.29, 0.717) is 16.8 Å². The second-order valence-electron chi connectivity index (χ2n) is 6.53. The lowest BCUT2D eigenvalue weighted by molar-refractivity contribution is -0.142. The van der Waals surface area contributed by atoms with Gasteiger partial charge in [-0.25, -0.2) is 4.39 Å². The second kappa shape index (κ2) is 8.12. The Morgan fingerprint density at radius 1 is 1.00 bits per heavy atom. The first-order valence-corrected chi connectivity index (χ1v) is 8.77. The van der Waals surface area contributed by atoms with Crippen LogP contribution < -0.4 is 5.32 Å². The third-order valence-corrected chi connectivity index (χ3v) is 4.58. The Morgan fingerprint density at radius 3 is 2.39 bits per heavy atom. The number of hydrogen-bond donors (Lipinski definition) is 1. The zero-order chi connectivity index (χ0) is 20.3. The molecular weight excluding hydrogens is 365 g/mol. The van der Waals surface area contributed by atoms with Crippen LogP contribution in [0.1, 0.15) is 52.0 Å². The molecule has 144 valence electrons. The molecule has 1 aliphatic heterocycles. The van der Waals surface area contributed by atoms with Crippen molar-refractivity contribution < 1.29 is 28.3 Å². The number of ketones is 2. The monoisotopic (exact) mass is 383 g/mol. The van der Waals surface area contributed by atoms with Crippen LogP contribution in [-0.4, -0.2) is 30.0 Å². The van der Waals surface area contributed by atoms with E-state index in [4.69, 9.17) is 4.74 Å². The molecule has 6 nitrogen and oxygen atoms in total. The van der Waals surface area contributed by atoms with E-state index in [2.05, 4.69) is 5.32 Å². The van der Waals surface area contributed by atoms with Crippen LogP contribution in [0.2, 0.25) is 0 Å². The molecular formula is C21H18FNO5. The molecule has 0 aliphatic carbocycles. The number of hydrogen-bond acceptors (Lipinski definition) is 5. The first-order chi connectivity index (χ1) is 13.3. The smallest absolute Gasteiger partial charge is 0.306 e. The molecule has 1 amide bonds. The maximum atomic E-state index is 12.9. The highest BCUT2D eigenvalue weighted by molar-refractivity contribution is 6.05. The Bertz CT molecular complexity index is 952. The molecule has 0 unspecified atom stereocenters. The number of rotatable bonds is 7. The van der Waals surface area contributed by atoms with Gasteiger partial charge in [0.05, 0.1) is 12.3 Å². The zero-order valence-corrected chi connectivity index (χ0v) is 15.2. The largest absolute Gasteiger partial charge is 0.457 e. The molecule has 0 saturated heterocycles. The average Bonchev–Trinajstić information content (AvgIpc) is 2.98. The van der Waals surface area contributed by atoms with Crippen molar-refractivity contribution in [2.24, 2.45) is 0 Å². The molecule has 1 heterocycles. The molecule has 7 heteroatoms. The van der Waals surface area contributed by atoms with Crippen LogP contribution in [0, 0.1) is 5.82 Å². The molecule has 28 heavy (non-hydrogen) atoms. The third-order valence-electron chi connectivity index (χ3n) is 4.58. The first-order valence-electron chi connectivity index (χ1n) is 8.77. The Balaban J connectivity index is 1.49. The van der Waals surface area contributed by atoms with Crippen molar-refractivity contribution in [2.75, 3.05) is 11.9 Å². The van der Waals surface area contributed by atoms with Crippen molar-refractivity contribution >= 4 is 29.1 Å². The minimum atomic E-state index is -0.671. The molecule has 0 bridgehead atoms. The highest BCUT2D eigenvalue weighted by atomic mass is 19.1. The molecule has 1 N–H and O–H groups in total. The van der Waals surface area contributed by atoms with E-state index in [-0.39, 0.29) is 30.4 Å². The summed E-state index contributed by atoms with van der Waals surface area (Å²) in [5.74, 6) is -2.30. The number of carbonyl (C=O) groups excluding carboxylic acids is 4. The molecule has 0 spiro atoms. The number of anilines is 1. The standard InChI is InChI=1S/C21H18FNO5/c1-12-16-10-14(4-7-17(16)23-21(12)27)19(25)11-28-20(26)9-8-18(24)13-2-5-15(22)6-3-13/h2-7,10,12H,8-9,11H2,1H3,(H,23,27)/t12-/m1/s1. The molecule has 2 aromatic rings. The summed E-state index contributed by atoms with van der Waals surface area (Å²) in [6.07, 6.45) is -0.272. The predicted octanol–water partition coefficient (Wildman–Crippen LogP) is 3.27. The van der Waals surface area contributed by atoms with E-state index < -0.39 is 24.2 Å². The Kier molecular flexibility index (Phi) is 5.63. The second-order valence-corrected chi connectivity index (χ2v) is 6.53. The van der Waals surface area contributed by atoms with Gasteiger partial charge >= 0.3 is 5.97 Å².